The molecule has 134 valence electrons. The summed E-state index contributed by atoms with van der Waals surface area (Å²) in [6.45, 7) is 0.448. The van der Waals surface area contributed by atoms with Crippen LogP contribution in [0.15, 0.2) is 53.3 Å². The topological polar surface area (TPSA) is 64.0 Å². The van der Waals surface area contributed by atoms with Crippen molar-refractivity contribution in [2.24, 2.45) is 17.8 Å². The molecule has 0 unspecified atom stereocenters. The molecule has 1 aromatic heterocycles. The third kappa shape index (κ3) is 3.31. The second kappa shape index (κ2) is 6.86. The minimum absolute atomic E-state index is 0.169. The van der Waals surface area contributed by atoms with E-state index in [1.54, 1.807) is 18.2 Å². The smallest absolute Gasteiger partial charge is 0.267 e. The number of nitrogens with one attached hydrogen (secondary N) is 1. The lowest BCUT2D eigenvalue weighted by molar-refractivity contribution is -0.122. The highest BCUT2D eigenvalue weighted by atomic mass is 19.1. The van der Waals surface area contributed by atoms with E-state index in [1.165, 1.54) is 24.6 Å². The number of carbonyl (C=O) groups excluding carboxylic acids is 1. The molecule has 1 amide bonds. The van der Waals surface area contributed by atoms with E-state index in [2.05, 4.69) is 22.6 Å². The number of rotatable bonds is 5. The SMILES string of the molecule is O=C(Cn1nc(-c2ccccc2F)ccc1=O)NC[C@@H]1C[C@H]2C=C[C@H]1C2. The first-order valence-electron chi connectivity index (χ1n) is 8.88. The van der Waals surface area contributed by atoms with Crippen LogP contribution in [0, 0.1) is 23.6 Å². The number of allylic oxidation sites excluding steroid dienone is 2. The summed E-state index contributed by atoms with van der Waals surface area (Å²) in [5.41, 5.74) is 0.243. The van der Waals surface area contributed by atoms with E-state index >= 15 is 0 Å². The lowest BCUT2D eigenvalue weighted by Gasteiger charge is -2.18. The zero-order valence-electron chi connectivity index (χ0n) is 14.3. The maximum Gasteiger partial charge on any atom is 0.267 e. The monoisotopic (exact) mass is 353 g/mol. The third-order valence-corrected chi connectivity index (χ3v) is 5.29. The largest absolute Gasteiger partial charge is 0.354 e. The molecule has 0 spiro atoms. The molecule has 3 atom stereocenters. The van der Waals surface area contributed by atoms with Crippen LogP contribution < -0.4 is 10.9 Å². The molecule has 6 heteroatoms. The number of fused-ring (bicyclic) bond motifs is 2. The molecule has 4 rings (SSSR count). The highest BCUT2D eigenvalue weighted by molar-refractivity contribution is 5.75. The van der Waals surface area contributed by atoms with Crippen molar-refractivity contribution in [3.63, 3.8) is 0 Å². The van der Waals surface area contributed by atoms with E-state index in [0.29, 0.717) is 35.6 Å². The van der Waals surface area contributed by atoms with E-state index in [9.17, 15) is 14.0 Å². The lowest BCUT2D eigenvalue weighted by Crippen LogP contribution is -2.36. The standard InChI is InChI=1S/C20H20FN3O2/c21-17-4-2-1-3-16(17)18-7-8-20(26)24(23-18)12-19(25)22-11-15-10-13-5-6-14(15)9-13/h1-8,13-15H,9-12H2,(H,22,25)/t13-,14-,15-/m0/s1. The van der Waals surface area contributed by atoms with Gasteiger partial charge >= 0.3 is 0 Å². The Bertz CT molecular complexity index is 921. The van der Waals surface area contributed by atoms with Crippen LogP contribution in [0.1, 0.15) is 12.8 Å². The van der Waals surface area contributed by atoms with Gasteiger partial charge < -0.3 is 5.32 Å². The van der Waals surface area contributed by atoms with Crippen LogP contribution >= 0.6 is 0 Å². The van der Waals surface area contributed by atoms with Crippen molar-refractivity contribution in [3.8, 4) is 11.3 Å². The molecular formula is C20H20FN3O2. The Balaban J connectivity index is 1.43. The summed E-state index contributed by atoms with van der Waals surface area (Å²) >= 11 is 0. The molecule has 2 bridgehead atoms. The summed E-state index contributed by atoms with van der Waals surface area (Å²) in [6, 6.07) is 9.00. The second-order valence-corrected chi connectivity index (χ2v) is 7.04. The summed E-state index contributed by atoms with van der Waals surface area (Å²) in [7, 11) is 0. The van der Waals surface area contributed by atoms with Crippen LogP contribution in [-0.2, 0) is 11.3 Å². The molecule has 1 aromatic carbocycles. The Kier molecular flexibility index (Phi) is 4.41. The molecule has 2 aromatic rings. The predicted molar refractivity (Wildman–Crippen MR) is 95.7 cm³/mol. The van der Waals surface area contributed by atoms with Gasteiger partial charge in [0.1, 0.15) is 12.4 Å². The number of nitrogens with zero attached hydrogens (tertiary/aromatic N) is 2. The molecule has 26 heavy (non-hydrogen) atoms. The van der Waals surface area contributed by atoms with Crippen LogP contribution in [0.2, 0.25) is 0 Å². The van der Waals surface area contributed by atoms with Crippen molar-refractivity contribution in [3.05, 3.63) is 64.7 Å². The van der Waals surface area contributed by atoms with Gasteiger partial charge in [-0.1, -0.05) is 24.3 Å². The van der Waals surface area contributed by atoms with E-state index in [1.807, 2.05) is 0 Å². The van der Waals surface area contributed by atoms with Gasteiger partial charge in [-0.15, -0.1) is 0 Å². The molecule has 1 N–H and O–H groups in total. The summed E-state index contributed by atoms with van der Waals surface area (Å²) in [5.74, 6) is 1.02. The Hall–Kier alpha value is -2.76. The number of benzene rings is 1. The number of amides is 1. The Morgan fingerprint density at radius 2 is 2.04 bits per heavy atom. The highest BCUT2D eigenvalue weighted by Crippen LogP contribution is 2.42. The lowest BCUT2D eigenvalue weighted by atomic mass is 9.94. The fourth-order valence-electron chi connectivity index (χ4n) is 3.94. The molecule has 1 fully saturated rings. The number of carbonyl (C=O) groups is 1. The van der Waals surface area contributed by atoms with Crippen LogP contribution in [0.5, 0.6) is 0 Å². The van der Waals surface area contributed by atoms with E-state index in [0.717, 1.165) is 11.1 Å². The average Bonchev–Trinajstić information content (AvgIpc) is 3.25. The average molecular weight is 353 g/mol. The fourth-order valence-corrected chi connectivity index (χ4v) is 3.94. The molecule has 0 saturated heterocycles. The number of halogens is 1. The number of hydrogen-bond acceptors (Lipinski definition) is 3. The third-order valence-electron chi connectivity index (χ3n) is 5.29. The maximum atomic E-state index is 13.9. The quantitative estimate of drug-likeness (QED) is 0.840. The molecule has 5 nitrogen and oxygen atoms in total. The van der Waals surface area contributed by atoms with Crippen molar-refractivity contribution >= 4 is 5.91 Å². The van der Waals surface area contributed by atoms with Gasteiger partial charge in [-0.3, -0.25) is 9.59 Å². The van der Waals surface area contributed by atoms with Gasteiger partial charge in [0, 0.05) is 18.2 Å². The van der Waals surface area contributed by atoms with Crippen LogP contribution in [0.3, 0.4) is 0 Å². The van der Waals surface area contributed by atoms with Crippen molar-refractivity contribution in [1.29, 1.82) is 0 Å². The van der Waals surface area contributed by atoms with E-state index in [-0.39, 0.29) is 18.0 Å². The van der Waals surface area contributed by atoms with Crippen LogP contribution in [-0.4, -0.2) is 22.2 Å². The molecule has 0 aliphatic heterocycles. The molecular weight excluding hydrogens is 333 g/mol. The zero-order chi connectivity index (χ0) is 18.1. The first kappa shape index (κ1) is 16.7. The maximum absolute atomic E-state index is 13.9. The summed E-state index contributed by atoms with van der Waals surface area (Å²) in [4.78, 5) is 24.2. The fraction of sp³-hybridized carbons (Fsp3) is 0.350. The van der Waals surface area contributed by atoms with Crippen LogP contribution in [0.25, 0.3) is 11.3 Å². The molecule has 2 aliphatic rings. The number of aromatic nitrogens is 2. The van der Waals surface area contributed by atoms with Gasteiger partial charge in [-0.25, -0.2) is 9.07 Å². The number of hydrogen-bond donors (Lipinski definition) is 1. The highest BCUT2D eigenvalue weighted by Gasteiger charge is 2.35. The van der Waals surface area contributed by atoms with Crippen molar-refractivity contribution in [2.75, 3.05) is 6.54 Å². The minimum atomic E-state index is -0.418. The van der Waals surface area contributed by atoms with Crippen LogP contribution in [0.4, 0.5) is 4.39 Å². The van der Waals surface area contributed by atoms with Gasteiger partial charge in [0.15, 0.2) is 0 Å². The molecule has 1 saturated carbocycles. The second-order valence-electron chi connectivity index (χ2n) is 7.04. The summed E-state index contributed by atoms with van der Waals surface area (Å²) in [6.07, 6.45) is 6.81. The Morgan fingerprint density at radius 3 is 2.77 bits per heavy atom. The van der Waals surface area contributed by atoms with Crippen molar-refractivity contribution in [1.82, 2.24) is 15.1 Å². The van der Waals surface area contributed by atoms with Gasteiger partial charge in [0.2, 0.25) is 5.91 Å². The predicted octanol–water partition coefficient (Wildman–Crippen LogP) is 2.38. The Morgan fingerprint density at radius 1 is 1.19 bits per heavy atom. The summed E-state index contributed by atoms with van der Waals surface area (Å²) < 4.78 is 15.0. The van der Waals surface area contributed by atoms with Crippen molar-refractivity contribution < 1.29 is 9.18 Å². The molecule has 1 heterocycles. The normalized spacial score (nSPS) is 23.3. The first-order valence-corrected chi connectivity index (χ1v) is 8.88. The van der Waals surface area contributed by atoms with Gasteiger partial charge in [-0.05, 0) is 48.8 Å². The van der Waals surface area contributed by atoms with Gasteiger partial charge in [0.05, 0.1) is 5.69 Å². The minimum Gasteiger partial charge on any atom is -0.354 e. The van der Waals surface area contributed by atoms with Gasteiger partial charge in [-0.2, -0.15) is 5.10 Å². The Labute approximate surface area is 150 Å². The van der Waals surface area contributed by atoms with Gasteiger partial charge in [0.25, 0.3) is 5.56 Å². The molecule has 0 radical (unpaired) electrons. The first-order chi connectivity index (χ1) is 12.6. The molecule has 2 aliphatic carbocycles. The van der Waals surface area contributed by atoms with Crippen molar-refractivity contribution in [2.45, 2.75) is 19.4 Å². The zero-order valence-corrected chi connectivity index (χ0v) is 14.3. The summed E-state index contributed by atoms with van der Waals surface area (Å²) in [5, 5.41) is 7.06. The van der Waals surface area contributed by atoms with E-state index < -0.39 is 5.82 Å². The van der Waals surface area contributed by atoms with E-state index in [4.69, 9.17) is 0 Å².